The molecule has 1 aliphatic rings. The molecule has 2 unspecified atom stereocenters. The van der Waals surface area contributed by atoms with E-state index in [2.05, 4.69) is 10.6 Å². The van der Waals surface area contributed by atoms with E-state index >= 15 is 0 Å². The second-order valence-electron chi connectivity index (χ2n) is 4.70. The minimum absolute atomic E-state index is 0.103. The smallest absolute Gasteiger partial charge is 0.328 e. The van der Waals surface area contributed by atoms with Crippen molar-refractivity contribution in [3.8, 4) is 0 Å². The van der Waals surface area contributed by atoms with Gasteiger partial charge in [-0.2, -0.15) is 0 Å². The molecule has 0 spiro atoms. The first-order chi connectivity index (χ1) is 9.49. The molecule has 0 saturated carbocycles. The fourth-order valence-electron chi connectivity index (χ4n) is 2.16. The van der Waals surface area contributed by atoms with E-state index in [1.54, 1.807) is 7.05 Å². The molecule has 8 heteroatoms. The number of carbonyl (C=O) groups is 3. The van der Waals surface area contributed by atoms with Gasteiger partial charge in [0.05, 0.1) is 12.5 Å². The summed E-state index contributed by atoms with van der Waals surface area (Å²) in [5.74, 6) is -1.50. The second kappa shape index (κ2) is 7.68. The maximum atomic E-state index is 12.0. The molecule has 0 aromatic rings. The number of carboxylic acids is 1. The largest absolute Gasteiger partial charge is 0.480 e. The van der Waals surface area contributed by atoms with Crippen LogP contribution in [0.1, 0.15) is 12.8 Å². The van der Waals surface area contributed by atoms with Crippen LogP contribution in [0.2, 0.25) is 0 Å². The molecule has 0 bridgehead atoms. The third-order valence-corrected chi connectivity index (χ3v) is 3.25. The Labute approximate surface area is 117 Å². The average molecular weight is 287 g/mol. The maximum absolute atomic E-state index is 12.0. The molecule has 2 atom stereocenters. The van der Waals surface area contributed by atoms with Crippen LogP contribution in [0.4, 0.5) is 4.79 Å². The summed E-state index contributed by atoms with van der Waals surface area (Å²) in [5, 5.41) is 13.9. The van der Waals surface area contributed by atoms with Crippen molar-refractivity contribution >= 4 is 17.9 Å². The van der Waals surface area contributed by atoms with Crippen LogP contribution in [-0.4, -0.2) is 67.8 Å². The fourth-order valence-corrected chi connectivity index (χ4v) is 2.16. The van der Waals surface area contributed by atoms with E-state index in [4.69, 9.17) is 9.84 Å². The monoisotopic (exact) mass is 287 g/mol. The van der Waals surface area contributed by atoms with Gasteiger partial charge in [-0.25, -0.2) is 9.59 Å². The van der Waals surface area contributed by atoms with Gasteiger partial charge in [-0.3, -0.25) is 4.79 Å². The maximum Gasteiger partial charge on any atom is 0.328 e. The Morgan fingerprint density at radius 3 is 2.70 bits per heavy atom. The Bertz CT molecular complexity index is 374. The van der Waals surface area contributed by atoms with Crippen molar-refractivity contribution in [1.82, 2.24) is 15.5 Å². The lowest BCUT2D eigenvalue weighted by Gasteiger charge is -2.32. The summed E-state index contributed by atoms with van der Waals surface area (Å²) in [7, 11) is 2.92. The Hall–Kier alpha value is -1.83. The Morgan fingerprint density at radius 1 is 1.45 bits per heavy atom. The molecule has 20 heavy (non-hydrogen) atoms. The third kappa shape index (κ3) is 4.37. The molecule has 1 saturated heterocycles. The highest BCUT2D eigenvalue weighted by molar-refractivity contribution is 5.84. The Balaban J connectivity index is 2.57. The quantitative estimate of drug-likeness (QED) is 0.617. The predicted octanol–water partition coefficient (Wildman–Crippen LogP) is -0.746. The molecule has 0 aromatic heterocycles. The van der Waals surface area contributed by atoms with Gasteiger partial charge in [0.2, 0.25) is 5.91 Å². The topological polar surface area (TPSA) is 108 Å². The van der Waals surface area contributed by atoms with E-state index in [1.165, 1.54) is 12.0 Å². The summed E-state index contributed by atoms with van der Waals surface area (Å²) in [6.45, 7) is 0.706. The van der Waals surface area contributed by atoms with E-state index in [1.807, 2.05) is 0 Å². The summed E-state index contributed by atoms with van der Waals surface area (Å²) in [6, 6.07) is -1.57. The van der Waals surface area contributed by atoms with Gasteiger partial charge in [-0.1, -0.05) is 0 Å². The molecule has 1 rings (SSSR count). The average Bonchev–Trinajstić information content (AvgIpc) is 2.45. The summed E-state index contributed by atoms with van der Waals surface area (Å²) in [5.41, 5.74) is 0. The number of amides is 3. The minimum Gasteiger partial charge on any atom is -0.480 e. The number of carbonyl (C=O) groups excluding carboxylic acids is 2. The van der Waals surface area contributed by atoms with Crippen LogP contribution in [0.5, 0.6) is 0 Å². The molecule has 0 radical (unpaired) electrons. The predicted molar refractivity (Wildman–Crippen MR) is 70.2 cm³/mol. The Morgan fingerprint density at radius 2 is 2.15 bits per heavy atom. The first-order valence-electron chi connectivity index (χ1n) is 6.48. The van der Waals surface area contributed by atoms with Crippen LogP contribution >= 0.6 is 0 Å². The van der Waals surface area contributed by atoms with E-state index in [9.17, 15) is 14.4 Å². The first-order valence-corrected chi connectivity index (χ1v) is 6.48. The van der Waals surface area contributed by atoms with Crippen molar-refractivity contribution in [3.63, 3.8) is 0 Å². The molecule has 3 N–H and O–H groups in total. The number of ether oxygens (including phenoxy) is 1. The number of hydrogen-bond donors (Lipinski definition) is 3. The number of likely N-dealkylation sites (tertiary alicyclic amines) is 1. The van der Waals surface area contributed by atoms with E-state index < -0.39 is 18.0 Å². The number of carboxylic acid groups (broad SMARTS) is 1. The lowest BCUT2D eigenvalue weighted by Crippen LogP contribution is -2.53. The summed E-state index contributed by atoms with van der Waals surface area (Å²) in [6.07, 6.45) is 1.44. The zero-order chi connectivity index (χ0) is 15.1. The zero-order valence-electron chi connectivity index (χ0n) is 11.7. The van der Waals surface area contributed by atoms with Gasteiger partial charge < -0.3 is 25.4 Å². The van der Waals surface area contributed by atoms with E-state index in [0.717, 1.165) is 6.42 Å². The van der Waals surface area contributed by atoms with Gasteiger partial charge in [-0.15, -0.1) is 0 Å². The van der Waals surface area contributed by atoms with Crippen LogP contribution in [0.3, 0.4) is 0 Å². The van der Waals surface area contributed by atoms with Gasteiger partial charge in [0.15, 0.2) is 6.04 Å². The molecule has 1 heterocycles. The van der Waals surface area contributed by atoms with Crippen LogP contribution in [0.25, 0.3) is 0 Å². The van der Waals surface area contributed by atoms with Gasteiger partial charge in [0, 0.05) is 27.2 Å². The number of aliphatic carboxylic acids is 1. The first kappa shape index (κ1) is 16.2. The summed E-state index contributed by atoms with van der Waals surface area (Å²) >= 11 is 0. The number of hydrogen-bond acceptors (Lipinski definition) is 4. The lowest BCUT2D eigenvalue weighted by atomic mass is 9.97. The second-order valence-corrected chi connectivity index (χ2v) is 4.70. The molecule has 0 aliphatic carbocycles. The van der Waals surface area contributed by atoms with Gasteiger partial charge >= 0.3 is 12.0 Å². The molecular formula is C12H21N3O5. The van der Waals surface area contributed by atoms with Crippen LogP contribution in [0, 0.1) is 5.92 Å². The number of rotatable bonds is 5. The third-order valence-electron chi connectivity index (χ3n) is 3.25. The lowest BCUT2D eigenvalue weighted by molar-refractivity contribution is -0.140. The normalized spacial score (nSPS) is 20.1. The standard InChI is InChI=1S/C12H21N3O5/c1-13-10(16)8-4-3-5-15(6-8)12(19)14-9(7-20-2)11(17)18/h8-9H,3-7H2,1-2H3,(H,13,16)(H,14,19)(H,17,18). The summed E-state index contributed by atoms with van der Waals surface area (Å²) in [4.78, 5) is 36.0. The molecule has 1 fully saturated rings. The number of urea groups is 1. The molecule has 0 aromatic carbocycles. The Kier molecular flexibility index (Phi) is 6.23. The molecule has 114 valence electrons. The summed E-state index contributed by atoms with van der Waals surface area (Å²) < 4.78 is 4.75. The number of methoxy groups -OCH3 is 1. The zero-order valence-corrected chi connectivity index (χ0v) is 11.7. The van der Waals surface area contributed by atoms with Crippen LogP contribution in [0.15, 0.2) is 0 Å². The van der Waals surface area contributed by atoms with Crippen molar-refractivity contribution in [2.45, 2.75) is 18.9 Å². The highest BCUT2D eigenvalue weighted by Crippen LogP contribution is 2.16. The van der Waals surface area contributed by atoms with Crippen molar-refractivity contribution in [2.75, 3.05) is 33.9 Å². The molecule has 3 amide bonds. The molecular weight excluding hydrogens is 266 g/mol. The van der Waals surface area contributed by atoms with Gasteiger partial charge in [0.25, 0.3) is 0 Å². The van der Waals surface area contributed by atoms with Crippen molar-refractivity contribution in [2.24, 2.45) is 5.92 Å². The van der Waals surface area contributed by atoms with Crippen molar-refractivity contribution < 1.29 is 24.2 Å². The van der Waals surface area contributed by atoms with Gasteiger partial charge in [-0.05, 0) is 12.8 Å². The van der Waals surface area contributed by atoms with E-state index in [-0.39, 0.29) is 18.4 Å². The SMILES string of the molecule is CNC(=O)C1CCCN(C(=O)NC(COC)C(=O)O)C1. The fraction of sp³-hybridized carbons (Fsp3) is 0.750. The number of piperidine rings is 1. The van der Waals surface area contributed by atoms with E-state index in [0.29, 0.717) is 19.5 Å². The van der Waals surface area contributed by atoms with Crippen LogP contribution in [-0.2, 0) is 14.3 Å². The number of nitrogens with zero attached hydrogens (tertiary/aromatic N) is 1. The van der Waals surface area contributed by atoms with Crippen LogP contribution < -0.4 is 10.6 Å². The highest BCUT2D eigenvalue weighted by Gasteiger charge is 2.29. The van der Waals surface area contributed by atoms with Gasteiger partial charge in [0.1, 0.15) is 0 Å². The molecule has 8 nitrogen and oxygen atoms in total. The minimum atomic E-state index is -1.15. The number of nitrogens with one attached hydrogen (secondary N) is 2. The molecule has 1 aliphatic heterocycles. The van der Waals surface area contributed by atoms with Crippen molar-refractivity contribution in [1.29, 1.82) is 0 Å². The highest BCUT2D eigenvalue weighted by atomic mass is 16.5. The van der Waals surface area contributed by atoms with Crippen molar-refractivity contribution in [3.05, 3.63) is 0 Å².